The standard InChI is InChI=1S/C19H34N4/c1-18(2,15-6-8-16(20-5)9-7-15)19(3,4)17-14-22-11-10-21-12-13-23-17/h6-9,17,20-23H,10-14H2,1-5H3. The predicted molar refractivity (Wildman–Crippen MR) is 100 cm³/mol. The maximum absolute atomic E-state index is 3.76. The number of benzene rings is 1. The molecule has 0 saturated carbocycles. The number of hydrogen-bond donors (Lipinski definition) is 4. The molecular weight excluding hydrogens is 284 g/mol. The van der Waals surface area contributed by atoms with E-state index >= 15 is 0 Å². The van der Waals surface area contributed by atoms with E-state index in [1.807, 2.05) is 7.05 Å². The molecule has 0 bridgehead atoms. The van der Waals surface area contributed by atoms with Crippen molar-refractivity contribution in [2.45, 2.75) is 39.2 Å². The Morgan fingerprint density at radius 1 is 0.913 bits per heavy atom. The van der Waals surface area contributed by atoms with E-state index in [9.17, 15) is 0 Å². The monoisotopic (exact) mass is 318 g/mol. The Balaban J connectivity index is 2.22. The quantitative estimate of drug-likeness (QED) is 0.687. The fourth-order valence-corrected chi connectivity index (χ4v) is 3.33. The molecule has 0 aromatic heterocycles. The van der Waals surface area contributed by atoms with Crippen LogP contribution in [0.5, 0.6) is 0 Å². The first kappa shape index (κ1) is 18.2. The smallest absolute Gasteiger partial charge is 0.0337 e. The van der Waals surface area contributed by atoms with E-state index < -0.39 is 0 Å². The number of rotatable bonds is 4. The molecule has 1 aromatic rings. The van der Waals surface area contributed by atoms with Crippen molar-refractivity contribution in [3.63, 3.8) is 0 Å². The van der Waals surface area contributed by atoms with Gasteiger partial charge in [0.05, 0.1) is 0 Å². The highest BCUT2D eigenvalue weighted by Crippen LogP contribution is 2.44. The summed E-state index contributed by atoms with van der Waals surface area (Å²) >= 11 is 0. The van der Waals surface area contributed by atoms with Crippen molar-refractivity contribution < 1.29 is 0 Å². The lowest BCUT2D eigenvalue weighted by Crippen LogP contribution is -2.56. The maximum Gasteiger partial charge on any atom is 0.0337 e. The summed E-state index contributed by atoms with van der Waals surface area (Å²) in [4.78, 5) is 0. The molecule has 4 N–H and O–H groups in total. The van der Waals surface area contributed by atoms with Crippen LogP contribution in [-0.2, 0) is 5.41 Å². The van der Waals surface area contributed by atoms with E-state index in [4.69, 9.17) is 0 Å². The summed E-state index contributed by atoms with van der Waals surface area (Å²) in [7, 11) is 1.96. The second kappa shape index (κ2) is 7.65. The van der Waals surface area contributed by atoms with Crippen LogP contribution < -0.4 is 21.3 Å². The zero-order valence-electron chi connectivity index (χ0n) is 15.4. The first-order valence-corrected chi connectivity index (χ1v) is 8.82. The average Bonchev–Trinajstić information content (AvgIpc) is 2.68. The molecule has 1 atom stereocenters. The first-order chi connectivity index (χ1) is 10.9. The lowest BCUT2D eigenvalue weighted by Gasteiger charge is -2.48. The summed E-state index contributed by atoms with van der Waals surface area (Å²) < 4.78 is 0. The number of nitrogens with one attached hydrogen (secondary N) is 4. The van der Waals surface area contributed by atoms with Crippen molar-refractivity contribution in [3.8, 4) is 0 Å². The van der Waals surface area contributed by atoms with Crippen LogP contribution in [0.1, 0.15) is 33.3 Å². The summed E-state index contributed by atoms with van der Waals surface area (Å²) in [5.74, 6) is 0. The van der Waals surface area contributed by atoms with Gasteiger partial charge in [0.1, 0.15) is 0 Å². The van der Waals surface area contributed by atoms with Crippen LogP contribution in [0.15, 0.2) is 24.3 Å². The van der Waals surface area contributed by atoms with E-state index in [0.29, 0.717) is 6.04 Å². The molecule has 1 fully saturated rings. The third-order valence-electron chi connectivity index (χ3n) is 5.90. The molecule has 2 rings (SSSR count). The molecular formula is C19H34N4. The lowest BCUT2D eigenvalue weighted by molar-refractivity contribution is 0.128. The van der Waals surface area contributed by atoms with Gasteiger partial charge >= 0.3 is 0 Å². The molecule has 0 radical (unpaired) electrons. The van der Waals surface area contributed by atoms with Crippen molar-refractivity contribution in [1.82, 2.24) is 16.0 Å². The number of hydrogen-bond acceptors (Lipinski definition) is 4. The van der Waals surface area contributed by atoms with Gasteiger partial charge in [0.2, 0.25) is 0 Å². The maximum atomic E-state index is 3.76. The van der Waals surface area contributed by atoms with Crippen molar-refractivity contribution in [2.75, 3.05) is 45.1 Å². The van der Waals surface area contributed by atoms with Gasteiger partial charge < -0.3 is 21.3 Å². The molecule has 1 aromatic carbocycles. The topological polar surface area (TPSA) is 48.1 Å². The van der Waals surface area contributed by atoms with Crippen LogP contribution in [0.25, 0.3) is 0 Å². The Labute approximate surface area is 141 Å². The van der Waals surface area contributed by atoms with Crippen molar-refractivity contribution in [1.29, 1.82) is 0 Å². The largest absolute Gasteiger partial charge is 0.388 e. The Morgan fingerprint density at radius 3 is 2.17 bits per heavy atom. The van der Waals surface area contributed by atoms with Gasteiger partial charge in [-0.05, 0) is 28.5 Å². The zero-order chi connectivity index (χ0) is 16.9. The molecule has 4 nitrogen and oxygen atoms in total. The summed E-state index contributed by atoms with van der Waals surface area (Å²) in [6.07, 6.45) is 0. The van der Waals surface area contributed by atoms with E-state index in [2.05, 4.69) is 73.2 Å². The van der Waals surface area contributed by atoms with Gasteiger partial charge in [-0.3, -0.25) is 0 Å². The van der Waals surface area contributed by atoms with Gasteiger partial charge in [-0.1, -0.05) is 39.8 Å². The van der Waals surface area contributed by atoms with Crippen LogP contribution in [0.4, 0.5) is 5.69 Å². The molecule has 4 heteroatoms. The minimum atomic E-state index is 0.0695. The lowest BCUT2D eigenvalue weighted by atomic mass is 9.60. The van der Waals surface area contributed by atoms with E-state index in [1.54, 1.807) is 0 Å². The minimum absolute atomic E-state index is 0.0695. The van der Waals surface area contributed by atoms with Crippen molar-refractivity contribution >= 4 is 5.69 Å². The summed E-state index contributed by atoms with van der Waals surface area (Å²) in [5, 5.41) is 14.0. The molecule has 1 unspecified atom stereocenters. The summed E-state index contributed by atoms with van der Waals surface area (Å²) in [6, 6.07) is 9.30. The van der Waals surface area contributed by atoms with Gasteiger partial charge in [-0.25, -0.2) is 0 Å². The van der Waals surface area contributed by atoms with Gasteiger partial charge in [-0.15, -0.1) is 0 Å². The van der Waals surface area contributed by atoms with Crippen LogP contribution >= 0.6 is 0 Å². The van der Waals surface area contributed by atoms with Crippen molar-refractivity contribution in [3.05, 3.63) is 29.8 Å². The molecule has 1 aliphatic rings. The Morgan fingerprint density at radius 2 is 1.52 bits per heavy atom. The fraction of sp³-hybridized carbons (Fsp3) is 0.684. The highest BCUT2D eigenvalue weighted by molar-refractivity contribution is 5.45. The van der Waals surface area contributed by atoms with E-state index in [1.165, 1.54) is 5.56 Å². The SMILES string of the molecule is CNc1ccc(C(C)(C)C(C)(C)C2CNCCNCCN2)cc1. The minimum Gasteiger partial charge on any atom is -0.388 e. The molecule has 1 aliphatic heterocycles. The zero-order valence-corrected chi connectivity index (χ0v) is 15.4. The van der Waals surface area contributed by atoms with Gasteiger partial charge in [-0.2, -0.15) is 0 Å². The van der Waals surface area contributed by atoms with Crippen LogP contribution in [0.3, 0.4) is 0 Å². The van der Waals surface area contributed by atoms with E-state index in [0.717, 1.165) is 38.4 Å². The van der Waals surface area contributed by atoms with Crippen LogP contribution in [-0.4, -0.2) is 45.8 Å². The molecule has 0 aliphatic carbocycles. The Kier molecular flexibility index (Phi) is 6.06. The third kappa shape index (κ3) is 4.06. The van der Waals surface area contributed by atoms with Gasteiger partial charge in [0, 0.05) is 51.5 Å². The Hall–Kier alpha value is -1.10. The highest BCUT2D eigenvalue weighted by Gasteiger charge is 2.43. The van der Waals surface area contributed by atoms with Crippen molar-refractivity contribution in [2.24, 2.45) is 5.41 Å². The number of anilines is 1. The predicted octanol–water partition coefficient (Wildman–Crippen LogP) is 2.18. The van der Waals surface area contributed by atoms with Crippen LogP contribution in [0.2, 0.25) is 0 Å². The van der Waals surface area contributed by atoms with Crippen LogP contribution in [0, 0.1) is 5.41 Å². The second-order valence-corrected chi connectivity index (χ2v) is 7.63. The normalized spacial score (nSPS) is 21.2. The average molecular weight is 319 g/mol. The second-order valence-electron chi connectivity index (χ2n) is 7.63. The Bertz CT molecular complexity index is 469. The van der Waals surface area contributed by atoms with E-state index in [-0.39, 0.29) is 10.8 Å². The molecule has 23 heavy (non-hydrogen) atoms. The summed E-state index contributed by atoms with van der Waals surface area (Å²) in [6.45, 7) is 14.7. The molecule has 1 saturated heterocycles. The van der Waals surface area contributed by atoms with Gasteiger partial charge in [0.25, 0.3) is 0 Å². The fourth-order valence-electron chi connectivity index (χ4n) is 3.33. The first-order valence-electron chi connectivity index (χ1n) is 8.82. The van der Waals surface area contributed by atoms with Gasteiger partial charge in [0.15, 0.2) is 0 Å². The summed E-state index contributed by atoms with van der Waals surface area (Å²) in [5.41, 5.74) is 2.74. The molecule has 0 spiro atoms. The molecule has 130 valence electrons. The highest BCUT2D eigenvalue weighted by atomic mass is 15.1. The molecule has 1 heterocycles. The third-order valence-corrected chi connectivity index (χ3v) is 5.90. The molecule has 0 amide bonds.